The van der Waals surface area contributed by atoms with Gasteiger partial charge in [0, 0.05) is 10.5 Å². The van der Waals surface area contributed by atoms with Crippen LogP contribution in [0.2, 0.25) is 0 Å². The molecule has 2 heteroatoms. The molecule has 0 amide bonds. The lowest BCUT2D eigenvalue weighted by Crippen LogP contribution is -2.05. The predicted octanol–water partition coefficient (Wildman–Crippen LogP) is 11.3. The summed E-state index contributed by atoms with van der Waals surface area (Å²) in [6.07, 6.45) is 24.7. The van der Waals surface area contributed by atoms with Gasteiger partial charge in [-0.2, -0.15) is 0 Å². The molecule has 0 bridgehead atoms. The smallest absolute Gasteiger partial charge is 0.186 e. The Morgan fingerprint density at radius 1 is 0.676 bits per heavy atom. The third kappa shape index (κ3) is 13.0. The quantitative estimate of drug-likeness (QED) is 0.0704. The number of rotatable bonds is 21. The van der Waals surface area contributed by atoms with Crippen molar-refractivity contribution >= 4 is 23.6 Å². The lowest BCUT2D eigenvalue weighted by Gasteiger charge is -2.12. The molecule has 2 aromatic rings. The van der Waals surface area contributed by atoms with Gasteiger partial charge in [-0.25, -0.2) is 0 Å². The highest BCUT2D eigenvalue weighted by Gasteiger charge is 2.12. The highest BCUT2D eigenvalue weighted by molar-refractivity contribution is 7.99. The molecule has 0 unspecified atom stereocenters. The Morgan fingerprint density at radius 3 is 1.86 bits per heavy atom. The zero-order valence-electron chi connectivity index (χ0n) is 24.0. The number of carbonyl (C=O) groups is 1. The van der Waals surface area contributed by atoms with Crippen molar-refractivity contribution in [2.75, 3.05) is 5.75 Å². The van der Waals surface area contributed by atoms with Gasteiger partial charge in [-0.05, 0) is 59.9 Å². The number of benzene rings is 2. The summed E-state index contributed by atoms with van der Waals surface area (Å²) in [5.41, 5.74) is 4.53. The number of unbranched alkanes of at least 4 members (excludes halogenated alkanes) is 11. The predicted molar refractivity (Wildman–Crippen MR) is 166 cm³/mol. The van der Waals surface area contributed by atoms with E-state index in [-0.39, 0.29) is 5.78 Å². The summed E-state index contributed by atoms with van der Waals surface area (Å²) >= 11 is 1.95. The van der Waals surface area contributed by atoms with Crippen molar-refractivity contribution in [1.29, 1.82) is 0 Å². The number of hydrogen-bond acceptors (Lipinski definition) is 2. The molecule has 0 N–H and O–H groups in total. The summed E-state index contributed by atoms with van der Waals surface area (Å²) < 4.78 is 0. The second-order valence-electron chi connectivity index (χ2n) is 10.4. The Balaban J connectivity index is 1.66. The molecule has 1 nitrogen and oxygen atoms in total. The molecule has 0 atom stereocenters. The third-order valence-corrected chi connectivity index (χ3v) is 8.23. The van der Waals surface area contributed by atoms with E-state index in [4.69, 9.17) is 0 Å². The normalized spacial score (nSPS) is 11.4. The fourth-order valence-electron chi connectivity index (χ4n) is 4.98. The van der Waals surface area contributed by atoms with Gasteiger partial charge in [-0.15, -0.1) is 11.8 Å². The first-order valence-electron chi connectivity index (χ1n) is 15.3. The van der Waals surface area contributed by atoms with E-state index in [1.807, 2.05) is 30.0 Å². The molecule has 204 valence electrons. The van der Waals surface area contributed by atoms with Gasteiger partial charge in [0.05, 0.1) is 0 Å². The van der Waals surface area contributed by atoms with E-state index >= 15 is 0 Å². The Labute approximate surface area is 232 Å². The molecule has 0 aliphatic heterocycles. The maximum atomic E-state index is 13.0. The topological polar surface area (TPSA) is 17.1 Å². The van der Waals surface area contributed by atoms with Gasteiger partial charge in [-0.3, -0.25) is 4.79 Å². The van der Waals surface area contributed by atoms with Crippen LogP contribution in [-0.2, 0) is 12.8 Å². The molecule has 0 fully saturated rings. The average Bonchev–Trinajstić information content (AvgIpc) is 2.92. The van der Waals surface area contributed by atoms with Crippen molar-refractivity contribution < 1.29 is 4.79 Å². The summed E-state index contributed by atoms with van der Waals surface area (Å²) in [5.74, 6) is 1.31. The van der Waals surface area contributed by atoms with Gasteiger partial charge in [0.15, 0.2) is 5.78 Å². The van der Waals surface area contributed by atoms with Gasteiger partial charge < -0.3 is 0 Å². The van der Waals surface area contributed by atoms with Crippen LogP contribution in [-0.4, -0.2) is 11.5 Å². The van der Waals surface area contributed by atoms with Crippen LogP contribution in [0.5, 0.6) is 0 Å². The fraction of sp³-hybridized carbons (Fsp3) is 0.571. The molecule has 2 aromatic carbocycles. The molecular weight excluding hydrogens is 468 g/mol. The molecule has 0 heterocycles. The van der Waals surface area contributed by atoms with E-state index in [1.165, 1.54) is 98.8 Å². The van der Waals surface area contributed by atoms with E-state index in [2.05, 4.69) is 51.1 Å². The zero-order valence-corrected chi connectivity index (χ0v) is 24.8. The SMILES string of the molecule is CCCCCCCCCCCCCCSc1ccc(C=CC(=O)c2cccc(CCC)c2CCC)cc1. The number of hydrogen-bond donors (Lipinski definition) is 0. The van der Waals surface area contributed by atoms with Gasteiger partial charge in [-0.1, -0.05) is 141 Å². The van der Waals surface area contributed by atoms with E-state index in [1.54, 1.807) is 6.08 Å². The van der Waals surface area contributed by atoms with E-state index in [9.17, 15) is 4.79 Å². The monoisotopic (exact) mass is 520 g/mol. The second-order valence-corrected chi connectivity index (χ2v) is 11.6. The fourth-order valence-corrected chi connectivity index (χ4v) is 5.90. The van der Waals surface area contributed by atoms with Crippen LogP contribution in [0.15, 0.2) is 53.4 Å². The molecule has 0 spiro atoms. The number of carbonyl (C=O) groups excluding carboxylic acids is 1. The number of thioether (sulfide) groups is 1. The van der Waals surface area contributed by atoms with Crippen molar-refractivity contribution in [2.24, 2.45) is 0 Å². The molecule has 37 heavy (non-hydrogen) atoms. The number of aryl methyl sites for hydroxylation is 1. The Kier molecular flexibility index (Phi) is 17.2. The summed E-state index contributed by atoms with van der Waals surface area (Å²) in [4.78, 5) is 14.3. The lowest BCUT2D eigenvalue weighted by atomic mass is 9.92. The highest BCUT2D eigenvalue weighted by atomic mass is 32.2. The summed E-state index contributed by atoms with van der Waals surface area (Å²) in [6.45, 7) is 6.67. The largest absolute Gasteiger partial charge is 0.289 e. The third-order valence-electron chi connectivity index (χ3n) is 7.13. The van der Waals surface area contributed by atoms with Crippen molar-refractivity contribution in [1.82, 2.24) is 0 Å². The van der Waals surface area contributed by atoms with Crippen LogP contribution < -0.4 is 0 Å². The minimum absolute atomic E-state index is 0.117. The van der Waals surface area contributed by atoms with Crippen LogP contribution in [0.25, 0.3) is 6.08 Å². The van der Waals surface area contributed by atoms with Crippen LogP contribution in [0.4, 0.5) is 0 Å². The lowest BCUT2D eigenvalue weighted by molar-refractivity contribution is 0.104. The Hall–Kier alpha value is -1.80. The molecule has 0 saturated heterocycles. The Bertz CT molecular complexity index is 896. The molecule has 0 saturated carbocycles. The first-order chi connectivity index (χ1) is 18.2. The maximum absolute atomic E-state index is 13.0. The van der Waals surface area contributed by atoms with Crippen LogP contribution >= 0.6 is 11.8 Å². The maximum Gasteiger partial charge on any atom is 0.186 e. The van der Waals surface area contributed by atoms with Crippen molar-refractivity contribution in [3.05, 3.63) is 70.8 Å². The highest BCUT2D eigenvalue weighted by Crippen LogP contribution is 2.23. The minimum atomic E-state index is 0.117. The molecule has 0 aliphatic carbocycles. The van der Waals surface area contributed by atoms with Crippen LogP contribution in [0, 0.1) is 0 Å². The van der Waals surface area contributed by atoms with Crippen molar-refractivity contribution in [2.45, 2.75) is 128 Å². The Morgan fingerprint density at radius 2 is 1.27 bits per heavy atom. The molecule has 2 rings (SSSR count). The summed E-state index contributed by atoms with van der Waals surface area (Å²) in [7, 11) is 0. The zero-order chi connectivity index (χ0) is 26.6. The first-order valence-corrected chi connectivity index (χ1v) is 16.2. The van der Waals surface area contributed by atoms with Gasteiger partial charge >= 0.3 is 0 Å². The molecule has 0 aliphatic rings. The van der Waals surface area contributed by atoms with Gasteiger partial charge in [0.25, 0.3) is 0 Å². The van der Waals surface area contributed by atoms with Crippen LogP contribution in [0.3, 0.4) is 0 Å². The van der Waals surface area contributed by atoms with E-state index in [0.717, 1.165) is 36.8 Å². The first kappa shape index (κ1) is 31.4. The van der Waals surface area contributed by atoms with Gasteiger partial charge in [0.1, 0.15) is 0 Å². The average molecular weight is 521 g/mol. The van der Waals surface area contributed by atoms with Crippen molar-refractivity contribution in [3.63, 3.8) is 0 Å². The molecule has 0 radical (unpaired) electrons. The van der Waals surface area contributed by atoms with Crippen molar-refractivity contribution in [3.8, 4) is 0 Å². The second kappa shape index (κ2) is 20.2. The summed E-state index contributed by atoms with van der Waals surface area (Å²) in [6, 6.07) is 14.9. The summed E-state index contributed by atoms with van der Waals surface area (Å²) in [5, 5.41) is 0. The van der Waals surface area contributed by atoms with E-state index < -0.39 is 0 Å². The van der Waals surface area contributed by atoms with Crippen LogP contribution in [0.1, 0.15) is 138 Å². The number of ketones is 1. The minimum Gasteiger partial charge on any atom is -0.289 e. The molecule has 0 aromatic heterocycles. The van der Waals surface area contributed by atoms with Gasteiger partial charge in [0.2, 0.25) is 0 Å². The number of allylic oxidation sites excluding steroid dienone is 1. The molecular formula is C35H52OS. The standard InChI is InChI=1S/C35H52OS/c1-4-7-8-9-10-11-12-13-14-15-16-17-29-37-32-26-23-30(24-27-32)25-28-35(36)34-22-18-21-31(19-5-2)33(34)20-6-3/h18,21-28H,4-17,19-20,29H2,1-3H3. The van der Waals surface area contributed by atoms with E-state index in [0.29, 0.717) is 0 Å².